The summed E-state index contributed by atoms with van der Waals surface area (Å²) in [5, 5.41) is 2.32. The van der Waals surface area contributed by atoms with Crippen LogP contribution in [0.25, 0.3) is 11.0 Å². The van der Waals surface area contributed by atoms with Gasteiger partial charge in [-0.2, -0.15) is 0 Å². The van der Waals surface area contributed by atoms with Crippen LogP contribution < -0.4 is 10.1 Å². The van der Waals surface area contributed by atoms with E-state index in [1.165, 1.54) is 4.90 Å². The monoisotopic (exact) mass is 513 g/mol. The normalized spacial score (nSPS) is 21.4. The van der Waals surface area contributed by atoms with E-state index in [9.17, 15) is 19.2 Å². The quantitative estimate of drug-likeness (QED) is 0.520. The molecule has 2 aromatic carbocycles. The van der Waals surface area contributed by atoms with Crippen molar-refractivity contribution >= 4 is 34.7 Å². The average Bonchev–Trinajstić information content (AvgIpc) is 3.26. The van der Waals surface area contributed by atoms with Crippen LogP contribution in [-0.4, -0.2) is 68.6 Å². The zero-order valence-electron chi connectivity index (χ0n) is 20.8. The SMILES string of the molecule is O=C1CCC(N2Cc3cc(OC[C@H]4CCCCN4C(=O)c4ccc5nccnc5c4)ccc3C2=O)C(=O)N1. The summed E-state index contributed by atoms with van der Waals surface area (Å²) >= 11 is 0. The van der Waals surface area contributed by atoms with E-state index in [-0.39, 0.29) is 36.7 Å². The third kappa shape index (κ3) is 4.46. The summed E-state index contributed by atoms with van der Waals surface area (Å²) in [6.07, 6.45) is 6.57. The summed E-state index contributed by atoms with van der Waals surface area (Å²) in [5.41, 5.74) is 3.33. The molecule has 6 rings (SSSR count). The molecule has 10 nitrogen and oxygen atoms in total. The van der Waals surface area contributed by atoms with E-state index in [1.54, 1.807) is 36.7 Å². The minimum Gasteiger partial charge on any atom is -0.491 e. The number of carbonyl (C=O) groups excluding carboxylic acids is 4. The minimum atomic E-state index is -0.653. The van der Waals surface area contributed by atoms with Crippen molar-refractivity contribution in [3.8, 4) is 5.75 Å². The van der Waals surface area contributed by atoms with Crippen LogP contribution in [0.5, 0.6) is 5.75 Å². The Morgan fingerprint density at radius 3 is 2.68 bits per heavy atom. The van der Waals surface area contributed by atoms with Crippen LogP contribution in [0.4, 0.5) is 0 Å². The molecule has 4 heterocycles. The molecule has 38 heavy (non-hydrogen) atoms. The molecule has 3 aliphatic rings. The lowest BCUT2D eigenvalue weighted by atomic mass is 10.0. The number of ether oxygens (including phenoxy) is 1. The maximum absolute atomic E-state index is 13.4. The van der Waals surface area contributed by atoms with Gasteiger partial charge in [0.15, 0.2) is 0 Å². The second-order valence-corrected chi connectivity index (χ2v) is 9.94. The number of amides is 4. The molecule has 0 bridgehead atoms. The fraction of sp³-hybridized carbons (Fsp3) is 0.357. The fourth-order valence-corrected chi connectivity index (χ4v) is 5.54. The average molecular weight is 514 g/mol. The molecule has 2 atom stereocenters. The van der Waals surface area contributed by atoms with Gasteiger partial charge in [0.1, 0.15) is 18.4 Å². The summed E-state index contributed by atoms with van der Waals surface area (Å²) in [6.45, 7) is 1.28. The molecule has 10 heteroatoms. The van der Waals surface area contributed by atoms with Crippen LogP contribution in [-0.2, 0) is 16.1 Å². The van der Waals surface area contributed by atoms with Crippen molar-refractivity contribution in [2.75, 3.05) is 13.2 Å². The number of nitrogens with zero attached hydrogens (tertiary/aromatic N) is 4. The minimum absolute atomic E-state index is 0.0507. The Kier molecular flexibility index (Phi) is 6.22. The number of hydrogen-bond acceptors (Lipinski definition) is 7. The number of fused-ring (bicyclic) bond motifs is 2. The number of aromatic nitrogens is 2. The van der Waals surface area contributed by atoms with Gasteiger partial charge >= 0.3 is 0 Å². The van der Waals surface area contributed by atoms with Crippen LogP contribution in [0.2, 0.25) is 0 Å². The summed E-state index contributed by atoms with van der Waals surface area (Å²) in [6, 6.07) is 9.95. The Labute approximate surface area is 219 Å². The molecule has 1 unspecified atom stereocenters. The Hall–Kier alpha value is -4.34. The largest absolute Gasteiger partial charge is 0.491 e. The van der Waals surface area contributed by atoms with Gasteiger partial charge in [0.2, 0.25) is 11.8 Å². The first-order valence-electron chi connectivity index (χ1n) is 12.9. The van der Waals surface area contributed by atoms with Crippen LogP contribution in [0, 0.1) is 0 Å². The molecule has 0 spiro atoms. The van der Waals surface area contributed by atoms with Crippen molar-refractivity contribution in [3.05, 3.63) is 65.5 Å². The highest BCUT2D eigenvalue weighted by molar-refractivity contribution is 6.05. The molecule has 1 aromatic heterocycles. The lowest BCUT2D eigenvalue weighted by Gasteiger charge is -2.35. The van der Waals surface area contributed by atoms with E-state index < -0.39 is 11.9 Å². The first-order valence-corrected chi connectivity index (χ1v) is 12.9. The highest BCUT2D eigenvalue weighted by Crippen LogP contribution is 2.31. The van der Waals surface area contributed by atoms with Crippen molar-refractivity contribution in [2.45, 2.75) is 50.7 Å². The van der Waals surface area contributed by atoms with Crippen LogP contribution in [0.3, 0.4) is 0 Å². The van der Waals surface area contributed by atoms with E-state index in [2.05, 4.69) is 15.3 Å². The molecular weight excluding hydrogens is 486 g/mol. The molecule has 2 fully saturated rings. The third-order valence-electron chi connectivity index (χ3n) is 7.54. The van der Waals surface area contributed by atoms with Gasteiger partial charge in [-0.25, -0.2) is 0 Å². The van der Waals surface area contributed by atoms with Crippen molar-refractivity contribution in [1.29, 1.82) is 0 Å². The predicted molar refractivity (Wildman–Crippen MR) is 136 cm³/mol. The van der Waals surface area contributed by atoms with Gasteiger partial charge in [-0.1, -0.05) is 0 Å². The van der Waals surface area contributed by atoms with E-state index in [1.807, 2.05) is 17.0 Å². The van der Waals surface area contributed by atoms with Crippen LogP contribution in [0.1, 0.15) is 58.4 Å². The summed E-state index contributed by atoms with van der Waals surface area (Å²) < 4.78 is 6.14. The van der Waals surface area contributed by atoms with Gasteiger partial charge in [-0.3, -0.25) is 34.5 Å². The molecule has 3 aliphatic heterocycles. The second kappa shape index (κ2) is 9.85. The standard InChI is InChI=1S/C28H27N5O5/c34-25-9-8-24(26(35)31-25)33-15-18-13-20(5-6-21(18)28(33)37)38-16-19-3-1-2-12-32(19)27(36)17-4-7-22-23(14-17)30-11-10-29-22/h4-7,10-11,13-14,19,24H,1-3,8-9,12,15-16H2,(H,31,34,35)/t19-,24?/m1/s1. The first kappa shape index (κ1) is 24.0. The zero-order chi connectivity index (χ0) is 26.2. The van der Waals surface area contributed by atoms with Gasteiger partial charge in [-0.15, -0.1) is 0 Å². The lowest BCUT2D eigenvalue weighted by Crippen LogP contribution is -2.52. The van der Waals surface area contributed by atoms with Gasteiger partial charge in [0.05, 0.1) is 17.1 Å². The maximum Gasteiger partial charge on any atom is 0.255 e. The number of imide groups is 1. The molecule has 0 radical (unpaired) electrons. The smallest absolute Gasteiger partial charge is 0.255 e. The zero-order valence-corrected chi connectivity index (χ0v) is 20.8. The number of rotatable bonds is 5. The van der Waals surface area contributed by atoms with Crippen LogP contribution >= 0.6 is 0 Å². The fourth-order valence-electron chi connectivity index (χ4n) is 5.54. The number of carbonyl (C=O) groups is 4. The van der Waals surface area contributed by atoms with E-state index >= 15 is 0 Å². The molecule has 3 aromatic rings. The number of piperidine rings is 2. The topological polar surface area (TPSA) is 122 Å². The van der Waals surface area contributed by atoms with Gasteiger partial charge < -0.3 is 14.5 Å². The number of benzene rings is 2. The highest BCUT2D eigenvalue weighted by atomic mass is 16.5. The summed E-state index contributed by atoms with van der Waals surface area (Å²) in [5.74, 6) is -0.397. The first-order chi connectivity index (χ1) is 18.5. The number of likely N-dealkylation sites (tertiary alicyclic amines) is 1. The van der Waals surface area contributed by atoms with Gasteiger partial charge in [0.25, 0.3) is 11.8 Å². The predicted octanol–water partition coefficient (Wildman–Crippen LogP) is 2.46. The Morgan fingerprint density at radius 2 is 1.84 bits per heavy atom. The number of nitrogens with one attached hydrogen (secondary N) is 1. The number of hydrogen-bond donors (Lipinski definition) is 1. The van der Waals surface area contributed by atoms with Crippen LogP contribution in [0.15, 0.2) is 48.8 Å². The molecule has 0 saturated carbocycles. The Balaban J connectivity index is 1.14. The molecule has 1 N–H and O–H groups in total. The van der Waals surface area contributed by atoms with Gasteiger partial charge in [-0.05, 0) is 67.6 Å². The Morgan fingerprint density at radius 1 is 1.00 bits per heavy atom. The molecule has 4 amide bonds. The summed E-state index contributed by atoms with van der Waals surface area (Å²) in [7, 11) is 0. The highest BCUT2D eigenvalue weighted by Gasteiger charge is 2.39. The van der Waals surface area contributed by atoms with Crippen molar-refractivity contribution < 1.29 is 23.9 Å². The maximum atomic E-state index is 13.4. The van der Waals surface area contributed by atoms with E-state index in [4.69, 9.17) is 4.74 Å². The van der Waals surface area contributed by atoms with Crippen molar-refractivity contribution in [3.63, 3.8) is 0 Å². The van der Waals surface area contributed by atoms with Crippen molar-refractivity contribution in [2.24, 2.45) is 0 Å². The Bertz CT molecular complexity index is 1460. The molecule has 0 aliphatic carbocycles. The second-order valence-electron chi connectivity index (χ2n) is 9.94. The molecular formula is C28H27N5O5. The van der Waals surface area contributed by atoms with Gasteiger partial charge in [0, 0.05) is 43.0 Å². The lowest BCUT2D eigenvalue weighted by molar-refractivity contribution is -0.136. The molecule has 194 valence electrons. The molecule has 2 saturated heterocycles. The third-order valence-corrected chi connectivity index (χ3v) is 7.54. The van der Waals surface area contributed by atoms with E-state index in [0.717, 1.165) is 30.3 Å². The summed E-state index contributed by atoms with van der Waals surface area (Å²) in [4.78, 5) is 62.1. The van der Waals surface area contributed by atoms with E-state index in [0.29, 0.717) is 42.0 Å². The van der Waals surface area contributed by atoms with Crippen molar-refractivity contribution in [1.82, 2.24) is 25.1 Å².